The molecule has 140 valence electrons. The van der Waals surface area contributed by atoms with Gasteiger partial charge in [0, 0.05) is 24.0 Å². The summed E-state index contributed by atoms with van der Waals surface area (Å²) < 4.78 is 5.09. The summed E-state index contributed by atoms with van der Waals surface area (Å²) in [6.45, 7) is 1.42. The van der Waals surface area contributed by atoms with Gasteiger partial charge in [-0.05, 0) is 61.4 Å². The van der Waals surface area contributed by atoms with E-state index in [-0.39, 0.29) is 17.7 Å². The topological polar surface area (TPSA) is 96.5 Å². The smallest absolute Gasteiger partial charge is 0.240 e. The highest BCUT2D eigenvalue weighted by Gasteiger charge is 2.56. The average Bonchev–Trinajstić information content (AvgIpc) is 3.46. The molecule has 0 bridgehead atoms. The fraction of sp³-hybridized carbons (Fsp3) is 0.250. The zero-order valence-corrected chi connectivity index (χ0v) is 15.2. The van der Waals surface area contributed by atoms with Crippen LogP contribution in [0.15, 0.2) is 48.5 Å². The van der Waals surface area contributed by atoms with Crippen molar-refractivity contribution in [3.05, 3.63) is 48.5 Å². The number of methoxy groups -OCH3 is 1. The van der Waals surface area contributed by atoms with Crippen LogP contribution in [0.25, 0.3) is 0 Å². The number of nitrogens with one attached hydrogen (secondary N) is 3. The van der Waals surface area contributed by atoms with Crippen molar-refractivity contribution in [1.29, 1.82) is 0 Å². The average molecular weight is 367 g/mol. The van der Waals surface area contributed by atoms with Gasteiger partial charge in [-0.15, -0.1) is 0 Å². The maximum Gasteiger partial charge on any atom is 0.240 e. The Labute approximate surface area is 157 Å². The molecule has 0 atom stereocenters. The lowest BCUT2D eigenvalue weighted by Crippen LogP contribution is -2.35. The first kappa shape index (κ1) is 18.4. The van der Waals surface area contributed by atoms with Crippen LogP contribution in [0.4, 0.5) is 17.1 Å². The molecule has 0 heterocycles. The number of anilines is 3. The molecule has 2 aromatic carbocycles. The Bertz CT molecular complexity index is 856. The number of hydrogen-bond acceptors (Lipinski definition) is 4. The minimum Gasteiger partial charge on any atom is -0.497 e. The summed E-state index contributed by atoms with van der Waals surface area (Å²) in [5.74, 6) is -0.130. The highest BCUT2D eigenvalue weighted by atomic mass is 16.5. The molecular formula is C20H21N3O4. The molecule has 0 spiro atoms. The van der Waals surface area contributed by atoms with Crippen molar-refractivity contribution in [3.63, 3.8) is 0 Å². The molecule has 2 aromatic rings. The summed E-state index contributed by atoms with van der Waals surface area (Å²) >= 11 is 0. The van der Waals surface area contributed by atoms with E-state index in [1.165, 1.54) is 6.92 Å². The Hall–Kier alpha value is -3.35. The van der Waals surface area contributed by atoms with Crippen LogP contribution >= 0.6 is 0 Å². The molecule has 0 unspecified atom stereocenters. The van der Waals surface area contributed by atoms with Gasteiger partial charge in [0.2, 0.25) is 17.7 Å². The number of ether oxygens (including phenoxy) is 1. The molecule has 0 aliphatic heterocycles. The Balaban J connectivity index is 1.62. The zero-order chi connectivity index (χ0) is 19.4. The molecule has 1 aliphatic carbocycles. The fourth-order valence-corrected chi connectivity index (χ4v) is 2.70. The van der Waals surface area contributed by atoms with Crippen LogP contribution in [0.5, 0.6) is 5.75 Å². The summed E-state index contributed by atoms with van der Waals surface area (Å²) in [7, 11) is 1.57. The van der Waals surface area contributed by atoms with Crippen LogP contribution in [-0.4, -0.2) is 24.8 Å². The summed E-state index contributed by atoms with van der Waals surface area (Å²) in [6.07, 6.45) is 1.01. The van der Waals surface area contributed by atoms with Gasteiger partial charge in [0.1, 0.15) is 11.2 Å². The number of hydrogen-bond donors (Lipinski definition) is 3. The molecule has 0 saturated heterocycles. The minimum absolute atomic E-state index is 0.168. The number of carbonyl (C=O) groups excluding carboxylic acids is 3. The summed E-state index contributed by atoms with van der Waals surface area (Å²) in [6, 6.07) is 13.7. The molecular weight excluding hydrogens is 346 g/mol. The Kier molecular flexibility index (Phi) is 5.12. The highest BCUT2D eigenvalue weighted by Crippen LogP contribution is 2.47. The van der Waals surface area contributed by atoms with Crippen LogP contribution in [0, 0.1) is 5.41 Å². The Morgan fingerprint density at radius 3 is 1.56 bits per heavy atom. The van der Waals surface area contributed by atoms with E-state index < -0.39 is 5.41 Å². The standard InChI is InChI=1S/C20H21N3O4/c1-13(24)21-14-3-5-15(6-4-14)22-18(25)20(11-12-20)19(26)23-16-7-9-17(27-2)10-8-16/h3-10H,11-12H2,1-2H3,(H,21,24)(H,22,25)(H,23,26). The second-order valence-corrected chi connectivity index (χ2v) is 6.48. The van der Waals surface area contributed by atoms with Gasteiger partial charge in [-0.1, -0.05) is 0 Å². The quantitative estimate of drug-likeness (QED) is 0.684. The van der Waals surface area contributed by atoms with Gasteiger partial charge < -0.3 is 20.7 Å². The molecule has 3 N–H and O–H groups in total. The second kappa shape index (κ2) is 7.49. The zero-order valence-electron chi connectivity index (χ0n) is 15.2. The van der Waals surface area contributed by atoms with E-state index in [1.54, 1.807) is 55.6 Å². The largest absolute Gasteiger partial charge is 0.497 e. The summed E-state index contributed by atoms with van der Waals surface area (Å²) in [5.41, 5.74) is 0.770. The molecule has 27 heavy (non-hydrogen) atoms. The van der Waals surface area contributed by atoms with Crippen molar-refractivity contribution in [2.45, 2.75) is 19.8 Å². The summed E-state index contributed by atoms with van der Waals surface area (Å²) in [5, 5.41) is 8.23. The number of benzene rings is 2. The van der Waals surface area contributed by atoms with Crippen LogP contribution in [0.2, 0.25) is 0 Å². The molecule has 3 amide bonds. The van der Waals surface area contributed by atoms with Gasteiger partial charge in [-0.3, -0.25) is 14.4 Å². The molecule has 0 aromatic heterocycles. The van der Waals surface area contributed by atoms with E-state index in [9.17, 15) is 14.4 Å². The Morgan fingerprint density at radius 2 is 1.19 bits per heavy atom. The predicted octanol–water partition coefficient (Wildman–Crippen LogP) is 3.01. The van der Waals surface area contributed by atoms with E-state index in [1.807, 2.05) is 0 Å². The first-order valence-corrected chi connectivity index (χ1v) is 8.57. The van der Waals surface area contributed by atoms with Crippen molar-refractivity contribution in [2.75, 3.05) is 23.1 Å². The highest BCUT2D eigenvalue weighted by molar-refractivity contribution is 6.16. The van der Waals surface area contributed by atoms with Crippen LogP contribution < -0.4 is 20.7 Å². The molecule has 1 saturated carbocycles. The third-order valence-electron chi connectivity index (χ3n) is 4.43. The number of amides is 3. The fourth-order valence-electron chi connectivity index (χ4n) is 2.70. The van der Waals surface area contributed by atoms with Gasteiger partial charge in [-0.25, -0.2) is 0 Å². The molecule has 1 fully saturated rings. The van der Waals surface area contributed by atoms with E-state index >= 15 is 0 Å². The third-order valence-corrected chi connectivity index (χ3v) is 4.43. The van der Waals surface area contributed by atoms with Crippen molar-refractivity contribution in [1.82, 2.24) is 0 Å². The molecule has 7 heteroatoms. The first-order chi connectivity index (χ1) is 12.9. The van der Waals surface area contributed by atoms with Gasteiger partial charge in [0.05, 0.1) is 7.11 Å². The SMILES string of the molecule is COc1ccc(NC(=O)C2(C(=O)Nc3ccc(NC(C)=O)cc3)CC2)cc1. The number of rotatable bonds is 6. The second-order valence-electron chi connectivity index (χ2n) is 6.48. The van der Waals surface area contributed by atoms with E-state index in [4.69, 9.17) is 4.74 Å². The van der Waals surface area contributed by atoms with Crippen molar-refractivity contribution >= 4 is 34.8 Å². The maximum atomic E-state index is 12.6. The lowest BCUT2D eigenvalue weighted by atomic mass is 10.0. The lowest BCUT2D eigenvalue weighted by molar-refractivity contribution is -0.131. The van der Waals surface area contributed by atoms with Crippen LogP contribution in [-0.2, 0) is 14.4 Å². The van der Waals surface area contributed by atoms with Crippen molar-refractivity contribution < 1.29 is 19.1 Å². The lowest BCUT2D eigenvalue weighted by Gasteiger charge is -2.16. The van der Waals surface area contributed by atoms with Gasteiger partial charge in [-0.2, -0.15) is 0 Å². The molecule has 1 aliphatic rings. The van der Waals surface area contributed by atoms with Crippen molar-refractivity contribution in [3.8, 4) is 5.75 Å². The minimum atomic E-state index is -1.05. The Morgan fingerprint density at radius 1 is 0.778 bits per heavy atom. The predicted molar refractivity (Wildman–Crippen MR) is 103 cm³/mol. The third kappa shape index (κ3) is 4.25. The van der Waals surface area contributed by atoms with Gasteiger partial charge in [0.25, 0.3) is 0 Å². The normalized spacial score (nSPS) is 14.0. The molecule has 3 rings (SSSR count). The summed E-state index contributed by atoms with van der Waals surface area (Å²) in [4.78, 5) is 36.3. The first-order valence-electron chi connectivity index (χ1n) is 8.57. The maximum absolute atomic E-state index is 12.6. The van der Waals surface area contributed by atoms with Crippen LogP contribution in [0.1, 0.15) is 19.8 Å². The number of carbonyl (C=O) groups is 3. The van der Waals surface area contributed by atoms with Gasteiger partial charge >= 0.3 is 0 Å². The molecule has 0 radical (unpaired) electrons. The van der Waals surface area contributed by atoms with E-state index in [0.29, 0.717) is 35.7 Å². The van der Waals surface area contributed by atoms with Crippen molar-refractivity contribution in [2.24, 2.45) is 5.41 Å². The van der Waals surface area contributed by atoms with E-state index in [0.717, 1.165) is 0 Å². The van der Waals surface area contributed by atoms with Crippen LogP contribution in [0.3, 0.4) is 0 Å². The molecule has 7 nitrogen and oxygen atoms in total. The van der Waals surface area contributed by atoms with E-state index in [2.05, 4.69) is 16.0 Å². The van der Waals surface area contributed by atoms with Gasteiger partial charge in [0.15, 0.2) is 0 Å². The monoisotopic (exact) mass is 367 g/mol.